The van der Waals surface area contributed by atoms with Crippen LogP contribution in [0.2, 0.25) is 0 Å². The molecule has 1 fully saturated rings. The third kappa shape index (κ3) is 3.84. The number of nitrogens with one attached hydrogen (secondary N) is 1. The van der Waals surface area contributed by atoms with Gasteiger partial charge in [0.2, 0.25) is 0 Å². The molecule has 1 saturated heterocycles. The largest absolute Gasteiger partial charge is 0.311 e. The van der Waals surface area contributed by atoms with Crippen LogP contribution in [0.15, 0.2) is 16.8 Å². The van der Waals surface area contributed by atoms with Crippen LogP contribution in [-0.4, -0.2) is 30.1 Å². The summed E-state index contributed by atoms with van der Waals surface area (Å²) in [4.78, 5) is 2.73. The zero-order valence-corrected chi connectivity index (χ0v) is 14.4. The minimum atomic E-state index is 0.533. The number of hydrogen-bond acceptors (Lipinski definition) is 3. The van der Waals surface area contributed by atoms with Gasteiger partial charge in [0.05, 0.1) is 0 Å². The molecule has 1 N–H and O–H groups in total. The quantitative estimate of drug-likeness (QED) is 0.877. The molecule has 2 heterocycles. The van der Waals surface area contributed by atoms with E-state index < -0.39 is 0 Å². The Kier molecular flexibility index (Phi) is 5.65. The van der Waals surface area contributed by atoms with Crippen molar-refractivity contribution < 1.29 is 0 Å². The van der Waals surface area contributed by atoms with Crippen molar-refractivity contribution in [1.82, 2.24) is 10.2 Å². The van der Waals surface area contributed by atoms with Crippen LogP contribution < -0.4 is 5.32 Å². The molecule has 0 radical (unpaired) electrons. The molecular formula is C17H30N2S. The lowest BCUT2D eigenvalue weighted by Gasteiger charge is -2.46. The van der Waals surface area contributed by atoms with Crippen LogP contribution in [0.1, 0.15) is 52.6 Å². The van der Waals surface area contributed by atoms with Gasteiger partial charge in [0, 0.05) is 31.2 Å². The predicted octanol–water partition coefficient (Wildman–Crippen LogP) is 4.15. The molecule has 3 heteroatoms. The Hall–Kier alpha value is -0.380. The molecular weight excluding hydrogens is 264 g/mol. The maximum atomic E-state index is 3.77. The van der Waals surface area contributed by atoms with Crippen molar-refractivity contribution in [3.8, 4) is 0 Å². The summed E-state index contributed by atoms with van der Waals surface area (Å²) in [6.07, 6.45) is 1.28. The highest BCUT2D eigenvalue weighted by Gasteiger charge is 2.33. The van der Waals surface area contributed by atoms with Crippen molar-refractivity contribution in [2.75, 3.05) is 13.1 Å². The van der Waals surface area contributed by atoms with E-state index in [0.717, 1.165) is 12.5 Å². The van der Waals surface area contributed by atoms with Crippen molar-refractivity contribution in [2.45, 2.75) is 59.2 Å². The summed E-state index contributed by atoms with van der Waals surface area (Å²) in [5.41, 5.74) is 1.48. The van der Waals surface area contributed by atoms with Crippen LogP contribution in [0.3, 0.4) is 0 Å². The van der Waals surface area contributed by atoms with Crippen molar-refractivity contribution in [3.05, 3.63) is 22.4 Å². The molecule has 3 atom stereocenters. The standard InChI is InChI=1S/C17H30N2S/c1-12(2)8-16-10-19(17(9-18-16)13(3)4)14(5)15-6-7-20-11-15/h6-7,11-14,16-18H,8-10H2,1-5H3. The fraction of sp³-hybridized carbons (Fsp3) is 0.765. The molecule has 0 aromatic carbocycles. The second kappa shape index (κ2) is 7.06. The average Bonchev–Trinajstić information content (AvgIpc) is 2.90. The lowest BCUT2D eigenvalue weighted by Crippen LogP contribution is -2.58. The number of hydrogen-bond donors (Lipinski definition) is 1. The van der Waals surface area contributed by atoms with Gasteiger partial charge in [-0.1, -0.05) is 27.7 Å². The first kappa shape index (κ1) is 16.0. The van der Waals surface area contributed by atoms with Crippen molar-refractivity contribution in [2.24, 2.45) is 11.8 Å². The molecule has 2 nitrogen and oxygen atoms in total. The first-order valence-electron chi connectivity index (χ1n) is 8.00. The van der Waals surface area contributed by atoms with Gasteiger partial charge < -0.3 is 5.32 Å². The molecule has 3 unspecified atom stereocenters. The molecule has 1 aromatic rings. The maximum absolute atomic E-state index is 3.77. The molecule has 0 amide bonds. The zero-order valence-electron chi connectivity index (χ0n) is 13.6. The van der Waals surface area contributed by atoms with Gasteiger partial charge in [-0.25, -0.2) is 0 Å². The Morgan fingerprint density at radius 2 is 2.05 bits per heavy atom. The summed E-state index contributed by atoms with van der Waals surface area (Å²) in [6.45, 7) is 14.0. The van der Waals surface area contributed by atoms with E-state index in [1.54, 1.807) is 0 Å². The maximum Gasteiger partial charge on any atom is 0.0332 e. The van der Waals surface area contributed by atoms with E-state index >= 15 is 0 Å². The molecule has 0 spiro atoms. The Balaban J connectivity index is 2.10. The monoisotopic (exact) mass is 294 g/mol. The molecule has 0 aliphatic carbocycles. The highest BCUT2D eigenvalue weighted by atomic mass is 32.1. The van der Waals surface area contributed by atoms with Crippen LogP contribution in [-0.2, 0) is 0 Å². The first-order chi connectivity index (χ1) is 9.49. The lowest BCUT2D eigenvalue weighted by atomic mass is 9.92. The van der Waals surface area contributed by atoms with E-state index in [1.165, 1.54) is 18.5 Å². The summed E-state index contributed by atoms with van der Waals surface area (Å²) < 4.78 is 0. The van der Waals surface area contributed by atoms with E-state index in [-0.39, 0.29) is 0 Å². The second-order valence-corrected chi connectivity index (χ2v) is 7.76. The lowest BCUT2D eigenvalue weighted by molar-refractivity contribution is 0.0573. The highest BCUT2D eigenvalue weighted by molar-refractivity contribution is 7.07. The Morgan fingerprint density at radius 3 is 2.60 bits per heavy atom. The van der Waals surface area contributed by atoms with E-state index in [2.05, 4.69) is 61.7 Å². The molecule has 1 aromatic heterocycles. The summed E-state index contributed by atoms with van der Waals surface area (Å²) >= 11 is 1.81. The number of nitrogens with zero attached hydrogens (tertiary/aromatic N) is 1. The molecule has 20 heavy (non-hydrogen) atoms. The number of rotatable bonds is 5. The third-order valence-electron chi connectivity index (χ3n) is 4.52. The Morgan fingerprint density at radius 1 is 1.30 bits per heavy atom. The molecule has 1 aliphatic rings. The average molecular weight is 295 g/mol. The van der Waals surface area contributed by atoms with Gasteiger partial charge in [-0.2, -0.15) is 11.3 Å². The highest BCUT2D eigenvalue weighted by Crippen LogP contribution is 2.29. The van der Waals surface area contributed by atoms with E-state index in [4.69, 9.17) is 0 Å². The Bertz CT molecular complexity index is 386. The van der Waals surface area contributed by atoms with Gasteiger partial charge >= 0.3 is 0 Å². The smallest absolute Gasteiger partial charge is 0.0332 e. The summed E-state index contributed by atoms with van der Waals surface area (Å²) in [5, 5.41) is 8.28. The Labute approximate surface area is 128 Å². The third-order valence-corrected chi connectivity index (χ3v) is 5.22. The van der Waals surface area contributed by atoms with E-state index in [0.29, 0.717) is 24.0 Å². The minimum Gasteiger partial charge on any atom is -0.311 e. The van der Waals surface area contributed by atoms with Gasteiger partial charge in [0.25, 0.3) is 0 Å². The van der Waals surface area contributed by atoms with E-state index in [9.17, 15) is 0 Å². The second-order valence-electron chi connectivity index (χ2n) is 6.98. The fourth-order valence-electron chi connectivity index (χ4n) is 3.35. The van der Waals surface area contributed by atoms with Crippen LogP contribution in [0.25, 0.3) is 0 Å². The molecule has 0 saturated carbocycles. The van der Waals surface area contributed by atoms with Crippen LogP contribution in [0.5, 0.6) is 0 Å². The molecule has 0 bridgehead atoms. The SMILES string of the molecule is CC(C)CC1CN(C(C)c2ccsc2)C(C(C)C)CN1. The molecule has 114 valence electrons. The normalized spacial score (nSPS) is 26.4. The van der Waals surface area contributed by atoms with Crippen molar-refractivity contribution in [3.63, 3.8) is 0 Å². The van der Waals surface area contributed by atoms with Gasteiger partial charge in [0.1, 0.15) is 0 Å². The van der Waals surface area contributed by atoms with Crippen molar-refractivity contribution in [1.29, 1.82) is 0 Å². The summed E-state index contributed by atoms with van der Waals surface area (Å²) in [6, 6.07) is 4.11. The topological polar surface area (TPSA) is 15.3 Å². The number of piperazine rings is 1. The first-order valence-corrected chi connectivity index (χ1v) is 8.94. The van der Waals surface area contributed by atoms with Gasteiger partial charge in [-0.3, -0.25) is 4.90 Å². The molecule has 1 aliphatic heterocycles. The van der Waals surface area contributed by atoms with Crippen LogP contribution in [0, 0.1) is 11.8 Å². The minimum absolute atomic E-state index is 0.533. The molecule has 2 rings (SSSR count). The van der Waals surface area contributed by atoms with Crippen molar-refractivity contribution >= 4 is 11.3 Å². The fourth-order valence-corrected chi connectivity index (χ4v) is 4.10. The van der Waals surface area contributed by atoms with E-state index in [1.807, 2.05) is 11.3 Å². The summed E-state index contributed by atoms with van der Waals surface area (Å²) in [7, 11) is 0. The van der Waals surface area contributed by atoms with Crippen LogP contribution in [0.4, 0.5) is 0 Å². The zero-order chi connectivity index (χ0) is 14.7. The van der Waals surface area contributed by atoms with Gasteiger partial charge in [-0.05, 0) is 47.6 Å². The summed E-state index contributed by atoms with van der Waals surface area (Å²) in [5.74, 6) is 1.46. The van der Waals surface area contributed by atoms with Crippen LogP contribution >= 0.6 is 11.3 Å². The van der Waals surface area contributed by atoms with Gasteiger partial charge in [-0.15, -0.1) is 0 Å². The predicted molar refractivity (Wildman–Crippen MR) is 89.3 cm³/mol. The van der Waals surface area contributed by atoms with Gasteiger partial charge in [0.15, 0.2) is 0 Å². The number of thiophene rings is 1.